The lowest BCUT2D eigenvalue weighted by Crippen LogP contribution is -2.43. The zero-order valence-electron chi connectivity index (χ0n) is 20.9. The molecule has 0 amide bonds. The number of likely N-dealkylation sites (N-methyl/N-ethyl adjacent to an activating group) is 1. The minimum Gasteiger partial charge on any atom is -0.493 e. The first-order chi connectivity index (χ1) is 14.2. The van der Waals surface area contributed by atoms with Crippen molar-refractivity contribution in [2.24, 2.45) is 4.99 Å². The minimum absolute atomic E-state index is 0. The molecule has 0 aliphatic rings. The van der Waals surface area contributed by atoms with Crippen molar-refractivity contribution in [1.82, 2.24) is 20.4 Å². The quantitative estimate of drug-likeness (QED) is 0.180. The Morgan fingerprint density at radius 1 is 1.00 bits per heavy atom. The zero-order valence-corrected chi connectivity index (χ0v) is 23.2. The van der Waals surface area contributed by atoms with Gasteiger partial charge in [0, 0.05) is 38.8 Å². The summed E-state index contributed by atoms with van der Waals surface area (Å²) in [4.78, 5) is 9.07. The Hall–Kier alpha value is -1.26. The number of benzene rings is 1. The maximum Gasteiger partial charge on any atom is 0.191 e. The van der Waals surface area contributed by atoms with Crippen LogP contribution in [-0.4, -0.2) is 82.8 Å². The summed E-state index contributed by atoms with van der Waals surface area (Å²) in [7, 11) is 9.28. The van der Waals surface area contributed by atoms with Crippen LogP contribution in [-0.2, 0) is 0 Å². The lowest BCUT2D eigenvalue weighted by molar-refractivity contribution is 0.173. The molecule has 0 aromatic heterocycles. The van der Waals surface area contributed by atoms with E-state index < -0.39 is 0 Å². The Balaban J connectivity index is 0.00000900. The van der Waals surface area contributed by atoms with Crippen molar-refractivity contribution < 1.29 is 9.47 Å². The van der Waals surface area contributed by atoms with Gasteiger partial charge in [-0.25, -0.2) is 0 Å². The zero-order chi connectivity index (χ0) is 22.7. The van der Waals surface area contributed by atoms with E-state index in [1.165, 1.54) is 0 Å². The summed E-state index contributed by atoms with van der Waals surface area (Å²) in [5.74, 6) is 2.30. The molecule has 2 N–H and O–H groups in total. The van der Waals surface area contributed by atoms with E-state index in [1.807, 2.05) is 19.2 Å². The van der Waals surface area contributed by atoms with Crippen LogP contribution in [0.15, 0.2) is 23.2 Å². The highest BCUT2D eigenvalue weighted by Gasteiger charge is 2.17. The van der Waals surface area contributed by atoms with Crippen LogP contribution < -0.4 is 20.1 Å². The molecule has 8 heteroatoms. The van der Waals surface area contributed by atoms with E-state index in [2.05, 4.69) is 73.3 Å². The van der Waals surface area contributed by atoms with Crippen LogP contribution in [0.2, 0.25) is 0 Å². The maximum absolute atomic E-state index is 5.47. The maximum atomic E-state index is 5.47. The molecule has 0 heterocycles. The Labute approximate surface area is 207 Å². The standard InChI is InChI=1S/C23H43N5O2.HI/c1-17(2)28(18(3)4)14-10-13-25-23(24-5)26-16-20(27(6)7)19-11-12-21(29-8)22(15-19)30-9;/h11-12,15,17-18,20H,10,13-14,16H2,1-9H3,(H2,24,25,26);1H. The minimum atomic E-state index is 0. The SMILES string of the molecule is CN=C(NCCCN(C(C)C)C(C)C)NCC(c1ccc(OC)c(OC)c1)N(C)C.I. The van der Waals surface area contributed by atoms with Gasteiger partial charge in [0.1, 0.15) is 0 Å². The first-order valence-electron chi connectivity index (χ1n) is 10.8. The lowest BCUT2D eigenvalue weighted by atomic mass is 10.1. The Bertz CT molecular complexity index is 645. The largest absolute Gasteiger partial charge is 0.493 e. The summed E-state index contributed by atoms with van der Waals surface area (Å²) in [5.41, 5.74) is 1.16. The summed E-state index contributed by atoms with van der Waals surface area (Å²) in [6, 6.07) is 7.35. The predicted octanol–water partition coefficient (Wildman–Crippen LogP) is 3.60. The van der Waals surface area contributed by atoms with Crippen LogP contribution >= 0.6 is 24.0 Å². The molecule has 1 unspecified atom stereocenters. The molecule has 180 valence electrons. The van der Waals surface area contributed by atoms with Gasteiger partial charge in [-0.05, 0) is 65.9 Å². The van der Waals surface area contributed by atoms with Gasteiger partial charge in [0.2, 0.25) is 0 Å². The highest BCUT2D eigenvalue weighted by atomic mass is 127. The first-order valence-corrected chi connectivity index (χ1v) is 10.8. The number of aliphatic imine (C=N–C) groups is 1. The molecule has 0 bridgehead atoms. The molecule has 7 nitrogen and oxygen atoms in total. The van der Waals surface area contributed by atoms with Crippen molar-refractivity contribution in [1.29, 1.82) is 0 Å². The number of ether oxygens (including phenoxy) is 2. The van der Waals surface area contributed by atoms with Crippen LogP contribution in [0.25, 0.3) is 0 Å². The highest BCUT2D eigenvalue weighted by molar-refractivity contribution is 14.0. The highest BCUT2D eigenvalue weighted by Crippen LogP contribution is 2.31. The van der Waals surface area contributed by atoms with E-state index in [4.69, 9.17) is 9.47 Å². The van der Waals surface area contributed by atoms with Gasteiger partial charge in [-0.1, -0.05) is 6.07 Å². The fraction of sp³-hybridized carbons (Fsp3) is 0.696. The lowest BCUT2D eigenvalue weighted by Gasteiger charge is -2.30. The predicted molar refractivity (Wildman–Crippen MR) is 142 cm³/mol. The first kappa shape index (κ1) is 29.7. The second-order valence-corrected chi connectivity index (χ2v) is 8.25. The van der Waals surface area contributed by atoms with Crippen molar-refractivity contribution in [3.63, 3.8) is 0 Å². The average molecular weight is 550 g/mol. The molecule has 1 aromatic carbocycles. The molecular weight excluding hydrogens is 505 g/mol. The van der Waals surface area contributed by atoms with Crippen LogP contribution in [0.1, 0.15) is 45.7 Å². The molecule has 0 saturated heterocycles. The van der Waals surface area contributed by atoms with Crippen molar-refractivity contribution in [2.75, 3.05) is 55.0 Å². The van der Waals surface area contributed by atoms with Crippen molar-refractivity contribution in [2.45, 2.75) is 52.2 Å². The number of nitrogens with zero attached hydrogens (tertiary/aromatic N) is 3. The van der Waals surface area contributed by atoms with Crippen LogP contribution in [0.5, 0.6) is 11.5 Å². The number of hydrogen-bond donors (Lipinski definition) is 2. The third kappa shape index (κ3) is 9.82. The van der Waals surface area contributed by atoms with Gasteiger partial charge in [0.25, 0.3) is 0 Å². The number of hydrogen-bond acceptors (Lipinski definition) is 5. The molecule has 31 heavy (non-hydrogen) atoms. The van der Waals surface area contributed by atoms with Gasteiger partial charge in [-0.15, -0.1) is 24.0 Å². The number of nitrogens with one attached hydrogen (secondary N) is 2. The summed E-state index contributed by atoms with van der Waals surface area (Å²) in [6.07, 6.45) is 1.07. The van der Waals surface area contributed by atoms with E-state index in [-0.39, 0.29) is 30.0 Å². The number of halogens is 1. The smallest absolute Gasteiger partial charge is 0.191 e. The molecule has 0 fully saturated rings. The topological polar surface area (TPSA) is 61.4 Å². The van der Waals surface area contributed by atoms with E-state index in [0.717, 1.165) is 49.1 Å². The van der Waals surface area contributed by atoms with Crippen molar-refractivity contribution in [3.05, 3.63) is 23.8 Å². The van der Waals surface area contributed by atoms with Gasteiger partial charge in [-0.3, -0.25) is 9.89 Å². The molecule has 0 radical (unpaired) electrons. The molecule has 0 aliphatic carbocycles. The van der Waals surface area contributed by atoms with E-state index >= 15 is 0 Å². The second kappa shape index (κ2) is 15.5. The summed E-state index contributed by atoms with van der Waals surface area (Å²) in [5, 5.41) is 6.90. The van der Waals surface area contributed by atoms with Crippen molar-refractivity contribution >= 4 is 29.9 Å². The molecule has 1 aromatic rings. The normalized spacial score (nSPS) is 12.9. The number of methoxy groups -OCH3 is 2. The van der Waals surface area contributed by atoms with Crippen LogP contribution in [0.3, 0.4) is 0 Å². The van der Waals surface area contributed by atoms with Gasteiger partial charge in [0.15, 0.2) is 17.5 Å². The van der Waals surface area contributed by atoms with Gasteiger partial charge in [-0.2, -0.15) is 0 Å². The summed E-state index contributed by atoms with van der Waals surface area (Å²) in [6.45, 7) is 11.7. The molecule has 1 atom stereocenters. The summed E-state index contributed by atoms with van der Waals surface area (Å²) >= 11 is 0. The fourth-order valence-corrected chi connectivity index (χ4v) is 3.65. The van der Waals surface area contributed by atoms with Gasteiger partial charge in [0.05, 0.1) is 20.3 Å². The van der Waals surface area contributed by atoms with Gasteiger partial charge < -0.3 is 25.0 Å². The number of rotatable bonds is 12. The van der Waals surface area contributed by atoms with E-state index in [1.54, 1.807) is 14.2 Å². The average Bonchev–Trinajstić information content (AvgIpc) is 2.71. The molecular formula is C23H44IN5O2. The Morgan fingerprint density at radius 3 is 2.10 bits per heavy atom. The van der Waals surface area contributed by atoms with Crippen molar-refractivity contribution in [3.8, 4) is 11.5 Å². The van der Waals surface area contributed by atoms with E-state index in [9.17, 15) is 0 Å². The summed E-state index contributed by atoms with van der Waals surface area (Å²) < 4.78 is 10.8. The molecule has 0 aliphatic heterocycles. The van der Waals surface area contributed by atoms with Crippen LogP contribution in [0, 0.1) is 0 Å². The second-order valence-electron chi connectivity index (χ2n) is 8.25. The third-order valence-electron chi connectivity index (χ3n) is 5.31. The molecule has 0 saturated carbocycles. The third-order valence-corrected chi connectivity index (χ3v) is 5.31. The number of guanidine groups is 1. The van der Waals surface area contributed by atoms with E-state index in [0.29, 0.717) is 12.1 Å². The van der Waals surface area contributed by atoms with Crippen LogP contribution in [0.4, 0.5) is 0 Å². The fourth-order valence-electron chi connectivity index (χ4n) is 3.65. The Morgan fingerprint density at radius 2 is 1.61 bits per heavy atom. The Kier molecular flexibility index (Phi) is 14.9. The molecule has 1 rings (SSSR count). The molecule has 0 spiro atoms. The monoisotopic (exact) mass is 549 g/mol. The van der Waals surface area contributed by atoms with Gasteiger partial charge >= 0.3 is 0 Å².